The highest BCUT2D eigenvalue weighted by Crippen LogP contribution is 2.29. The van der Waals surface area contributed by atoms with Gasteiger partial charge in [-0.2, -0.15) is 18.2 Å². The number of aromatic nitrogens is 1. The molecule has 0 bridgehead atoms. The Bertz CT molecular complexity index is 992. The van der Waals surface area contributed by atoms with Gasteiger partial charge in [-0.15, -0.1) is 0 Å². The summed E-state index contributed by atoms with van der Waals surface area (Å²) in [4.78, 5) is 49.3. The molecule has 11 heteroatoms. The maximum Gasteiger partial charge on any atom is 0.417 e. The molecule has 1 aromatic heterocycles. The Labute approximate surface area is 175 Å². The third-order valence-corrected chi connectivity index (χ3v) is 5.31. The summed E-state index contributed by atoms with van der Waals surface area (Å²) in [5.74, 6) is -1.16. The van der Waals surface area contributed by atoms with E-state index >= 15 is 0 Å². The van der Waals surface area contributed by atoms with Crippen LogP contribution in [-0.2, 0) is 15.8 Å². The summed E-state index contributed by atoms with van der Waals surface area (Å²) >= 11 is 0. The molecule has 4 amide bonds. The molecular formula is C20H18F3N5O3. The van der Waals surface area contributed by atoms with E-state index in [9.17, 15) is 27.6 Å². The van der Waals surface area contributed by atoms with Gasteiger partial charge in [-0.1, -0.05) is 18.2 Å². The van der Waals surface area contributed by atoms with Crippen molar-refractivity contribution in [3.05, 3.63) is 48.2 Å². The van der Waals surface area contributed by atoms with Crippen LogP contribution in [0.5, 0.6) is 0 Å². The van der Waals surface area contributed by atoms with Gasteiger partial charge in [0.2, 0.25) is 11.8 Å². The summed E-state index contributed by atoms with van der Waals surface area (Å²) in [5, 5.41) is 0. The van der Waals surface area contributed by atoms with Gasteiger partial charge in [-0.05, 0) is 18.2 Å². The number of anilines is 1. The Morgan fingerprint density at radius 1 is 1.10 bits per heavy atom. The van der Waals surface area contributed by atoms with Gasteiger partial charge in [0.15, 0.2) is 0 Å². The molecule has 1 saturated heterocycles. The Hall–Kier alpha value is -3.50. The predicted octanol–water partition coefficient (Wildman–Crippen LogP) is 1.89. The van der Waals surface area contributed by atoms with E-state index in [0.717, 1.165) is 17.2 Å². The van der Waals surface area contributed by atoms with Crippen LogP contribution in [0.1, 0.15) is 5.56 Å². The van der Waals surface area contributed by atoms with Crippen molar-refractivity contribution in [3.8, 4) is 0 Å². The summed E-state index contributed by atoms with van der Waals surface area (Å²) in [6.07, 6.45) is 2.92. The molecule has 0 saturated carbocycles. The summed E-state index contributed by atoms with van der Waals surface area (Å²) in [6.45, 7) is 0.909. The number of halogens is 3. The van der Waals surface area contributed by atoms with Crippen LogP contribution in [0.4, 0.5) is 23.8 Å². The van der Waals surface area contributed by atoms with Crippen LogP contribution in [0, 0.1) is 5.92 Å². The van der Waals surface area contributed by atoms with Crippen LogP contribution in [0.15, 0.2) is 47.6 Å². The van der Waals surface area contributed by atoms with E-state index in [1.54, 1.807) is 29.2 Å². The lowest BCUT2D eigenvalue weighted by molar-refractivity contribution is -0.138. The zero-order valence-electron chi connectivity index (χ0n) is 16.2. The minimum absolute atomic E-state index is 0.290. The number of pyridine rings is 1. The largest absolute Gasteiger partial charge is 0.417 e. The molecule has 0 radical (unpaired) electrons. The smallest absolute Gasteiger partial charge is 0.353 e. The molecule has 1 aliphatic carbocycles. The second kappa shape index (κ2) is 7.97. The molecule has 2 aliphatic heterocycles. The SMILES string of the molecule is O=C(CN1C(=O)N=C2C=CC=CC2C1=O)N1CCN(c2ccc(C(F)(F)F)cn2)CC1. The van der Waals surface area contributed by atoms with Crippen molar-refractivity contribution < 1.29 is 27.6 Å². The van der Waals surface area contributed by atoms with E-state index in [4.69, 9.17) is 0 Å². The summed E-state index contributed by atoms with van der Waals surface area (Å²) in [5.41, 5.74) is -0.464. The Morgan fingerprint density at radius 3 is 2.48 bits per heavy atom. The molecule has 162 valence electrons. The second-order valence-corrected chi connectivity index (χ2v) is 7.24. The summed E-state index contributed by atoms with van der Waals surface area (Å²) in [6, 6.07) is 1.50. The summed E-state index contributed by atoms with van der Waals surface area (Å²) in [7, 11) is 0. The fourth-order valence-corrected chi connectivity index (χ4v) is 3.59. The van der Waals surface area contributed by atoms with Crippen molar-refractivity contribution in [3.63, 3.8) is 0 Å². The molecule has 8 nitrogen and oxygen atoms in total. The lowest BCUT2D eigenvalue weighted by atomic mass is 9.95. The van der Waals surface area contributed by atoms with E-state index in [1.165, 1.54) is 11.0 Å². The first-order valence-corrected chi connectivity index (χ1v) is 9.59. The molecule has 0 spiro atoms. The molecule has 1 unspecified atom stereocenters. The van der Waals surface area contributed by atoms with E-state index in [-0.39, 0.29) is 0 Å². The number of alkyl halides is 3. The van der Waals surface area contributed by atoms with Crippen molar-refractivity contribution in [1.82, 2.24) is 14.8 Å². The molecule has 31 heavy (non-hydrogen) atoms. The minimum atomic E-state index is -4.45. The third-order valence-electron chi connectivity index (χ3n) is 5.31. The first-order chi connectivity index (χ1) is 14.7. The number of allylic oxidation sites excluding steroid dienone is 3. The Balaban J connectivity index is 1.35. The van der Waals surface area contributed by atoms with Crippen molar-refractivity contribution >= 4 is 29.4 Å². The summed E-state index contributed by atoms with van der Waals surface area (Å²) < 4.78 is 38.0. The van der Waals surface area contributed by atoms with Crippen LogP contribution in [-0.4, -0.2) is 71.1 Å². The van der Waals surface area contributed by atoms with Crippen LogP contribution in [0.25, 0.3) is 0 Å². The average molecular weight is 433 g/mol. The van der Waals surface area contributed by atoms with Crippen LogP contribution in [0.2, 0.25) is 0 Å². The van der Waals surface area contributed by atoms with Gasteiger partial charge in [0.05, 0.1) is 17.2 Å². The number of fused-ring (bicyclic) bond motifs is 1. The molecule has 0 aromatic carbocycles. The van der Waals surface area contributed by atoms with Crippen molar-refractivity contribution in [1.29, 1.82) is 0 Å². The number of urea groups is 1. The molecule has 4 rings (SSSR count). The number of imide groups is 1. The van der Waals surface area contributed by atoms with Gasteiger partial charge in [-0.25, -0.2) is 9.78 Å². The van der Waals surface area contributed by atoms with Crippen molar-refractivity contribution in [2.24, 2.45) is 10.9 Å². The maximum atomic E-state index is 12.7. The van der Waals surface area contributed by atoms with Gasteiger partial charge in [0.1, 0.15) is 12.4 Å². The first-order valence-electron chi connectivity index (χ1n) is 9.59. The van der Waals surface area contributed by atoms with E-state index in [0.29, 0.717) is 37.7 Å². The molecule has 1 atom stereocenters. The number of aliphatic imine (C=N–C) groups is 1. The number of piperazine rings is 1. The third kappa shape index (κ3) is 4.21. The van der Waals surface area contributed by atoms with E-state index in [1.807, 2.05) is 0 Å². The number of hydrogen-bond acceptors (Lipinski definition) is 5. The van der Waals surface area contributed by atoms with Gasteiger partial charge >= 0.3 is 12.2 Å². The number of nitrogens with zero attached hydrogens (tertiary/aromatic N) is 5. The van der Waals surface area contributed by atoms with Crippen molar-refractivity contribution in [2.45, 2.75) is 6.18 Å². The fraction of sp³-hybridized carbons (Fsp3) is 0.350. The van der Waals surface area contributed by atoms with Crippen LogP contribution >= 0.6 is 0 Å². The molecule has 1 fully saturated rings. The number of rotatable bonds is 3. The monoisotopic (exact) mass is 433 g/mol. The Morgan fingerprint density at radius 2 is 1.84 bits per heavy atom. The standard InChI is InChI=1S/C20H18F3N5O3/c21-20(22,23)13-5-6-16(24-11-13)26-7-9-27(10-8-26)17(29)12-28-18(30)14-3-1-2-4-15(14)25-19(28)31/h1-6,11,14H,7-10,12H2. The molecular weight excluding hydrogens is 415 g/mol. The van der Waals surface area contributed by atoms with Gasteiger partial charge in [0.25, 0.3) is 0 Å². The maximum absolute atomic E-state index is 12.7. The number of hydrogen-bond donors (Lipinski definition) is 0. The van der Waals surface area contributed by atoms with E-state index in [2.05, 4.69) is 9.98 Å². The lowest BCUT2D eigenvalue weighted by Crippen LogP contribution is -2.54. The topological polar surface area (TPSA) is 86.2 Å². The average Bonchev–Trinajstić information content (AvgIpc) is 2.76. The highest BCUT2D eigenvalue weighted by atomic mass is 19.4. The zero-order chi connectivity index (χ0) is 22.2. The lowest BCUT2D eigenvalue weighted by Gasteiger charge is -2.36. The molecule has 3 aliphatic rings. The molecule has 1 aromatic rings. The van der Waals surface area contributed by atoms with Crippen LogP contribution < -0.4 is 4.90 Å². The van der Waals surface area contributed by atoms with Gasteiger partial charge < -0.3 is 9.80 Å². The van der Waals surface area contributed by atoms with Crippen LogP contribution in [0.3, 0.4) is 0 Å². The van der Waals surface area contributed by atoms with Gasteiger partial charge in [0, 0.05) is 32.4 Å². The first kappa shape index (κ1) is 20.8. The predicted molar refractivity (Wildman–Crippen MR) is 104 cm³/mol. The zero-order valence-corrected chi connectivity index (χ0v) is 16.2. The highest BCUT2D eigenvalue weighted by Gasteiger charge is 2.37. The van der Waals surface area contributed by atoms with Crippen molar-refractivity contribution in [2.75, 3.05) is 37.6 Å². The minimum Gasteiger partial charge on any atom is -0.353 e. The molecule has 3 heterocycles. The fourth-order valence-electron chi connectivity index (χ4n) is 3.59. The number of carbonyl (C=O) groups is 3. The quantitative estimate of drug-likeness (QED) is 0.727. The highest BCUT2D eigenvalue weighted by molar-refractivity contribution is 6.22. The van der Waals surface area contributed by atoms with E-state index < -0.39 is 42.0 Å². The second-order valence-electron chi connectivity index (χ2n) is 7.24. The molecule has 0 N–H and O–H groups in total. The Kier molecular flexibility index (Phi) is 5.34. The van der Waals surface area contributed by atoms with Gasteiger partial charge in [-0.3, -0.25) is 14.5 Å². The number of carbonyl (C=O) groups excluding carboxylic acids is 3. The number of amides is 4. The normalized spacial score (nSPS) is 21.3.